The van der Waals surface area contributed by atoms with E-state index in [-0.39, 0.29) is 17.3 Å². The second-order valence-corrected chi connectivity index (χ2v) is 7.26. The van der Waals surface area contributed by atoms with Crippen molar-refractivity contribution in [1.29, 1.82) is 0 Å². The summed E-state index contributed by atoms with van der Waals surface area (Å²) in [6, 6.07) is 5.98. The van der Waals surface area contributed by atoms with Crippen molar-refractivity contribution in [2.75, 3.05) is 11.1 Å². The van der Waals surface area contributed by atoms with Crippen LogP contribution in [0, 0.1) is 6.92 Å². The zero-order valence-electron chi connectivity index (χ0n) is 13.3. The number of benzene rings is 1. The summed E-state index contributed by atoms with van der Waals surface area (Å²) in [5.74, 6) is -0.00236. The number of carbonyl (C=O) groups excluding carboxylic acids is 1. The van der Waals surface area contributed by atoms with Gasteiger partial charge >= 0.3 is 5.69 Å². The molecule has 0 saturated carbocycles. The van der Waals surface area contributed by atoms with Gasteiger partial charge in [0.25, 0.3) is 0 Å². The molecule has 3 aromatic rings. The number of carbonyl (C=O) groups is 1. The number of hydrogen-bond donors (Lipinski definition) is 2. The minimum absolute atomic E-state index is 0.170. The summed E-state index contributed by atoms with van der Waals surface area (Å²) in [4.78, 5) is 28.1. The molecule has 3 rings (SSSR count). The monoisotopic (exact) mass is 363 g/mol. The molecule has 2 aromatic heterocycles. The van der Waals surface area contributed by atoms with E-state index in [1.165, 1.54) is 23.1 Å². The number of aromatic amines is 1. The highest BCUT2D eigenvalue weighted by atomic mass is 32.2. The van der Waals surface area contributed by atoms with Gasteiger partial charge in [-0.2, -0.15) is 0 Å². The maximum absolute atomic E-state index is 12.1. The fourth-order valence-electron chi connectivity index (χ4n) is 2.20. The predicted molar refractivity (Wildman–Crippen MR) is 96.8 cm³/mol. The first-order valence-electron chi connectivity index (χ1n) is 7.52. The first-order chi connectivity index (χ1) is 11.6. The van der Waals surface area contributed by atoms with Crippen LogP contribution in [0.3, 0.4) is 0 Å². The van der Waals surface area contributed by atoms with E-state index in [1.807, 2.05) is 32.0 Å². The SMILES string of the molecule is CCCn1c(SCC(=O)Nc2nc3ccc(C)cc3s2)n[nH]c1=O. The Morgan fingerprint density at radius 1 is 1.46 bits per heavy atom. The zero-order chi connectivity index (χ0) is 17.1. The minimum atomic E-state index is -0.249. The van der Waals surface area contributed by atoms with Crippen molar-refractivity contribution < 1.29 is 4.79 Å². The van der Waals surface area contributed by atoms with E-state index >= 15 is 0 Å². The molecule has 0 spiro atoms. The van der Waals surface area contributed by atoms with Gasteiger partial charge in [-0.15, -0.1) is 5.10 Å². The molecule has 1 aromatic carbocycles. The molecule has 0 aliphatic rings. The number of amides is 1. The molecule has 0 aliphatic heterocycles. The predicted octanol–water partition coefficient (Wildman–Crippen LogP) is 2.63. The molecule has 0 radical (unpaired) electrons. The topological polar surface area (TPSA) is 92.7 Å². The molecule has 2 heterocycles. The number of H-pyrrole nitrogens is 1. The maximum Gasteiger partial charge on any atom is 0.343 e. The van der Waals surface area contributed by atoms with Crippen molar-refractivity contribution in [2.24, 2.45) is 0 Å². The van der Waals surface area contributed by atoms with Gasteiger partial charge in [0.15, 0.2) is 10.3 Å². The molecule has 126 valence electrons. The molecule has 0 bridgehead atoms. The lowest BCUT2D eigenvalue weighted by molar-refractivity contribution is -0.113. The summed E-state index contributed by atoms with van der Waals surface area (Å²) in [5, 5.41) is 10.3. The van der Waals surface area contributed by atoms with Crippen molar-refractivity contribution in [3.63, 3.8) is 0 Å². The van der Waals surface area contributed by atoms with Crippen LogP contribution in [0.1, 0.15) is 18.9 Å². The number of thioether (sulfide) groups is 1. The fourth-order valence-corrected chi connectivity index (χ4v) is 3.96. The van der Waals surface area contributed by atoms with Crippen molar-refractivity contribution in [2.45, 2.75) is 32.0 Å². The summed E-state index contributed by atoms with van der Waals surface area (Å²) in [7, 11) is 0. The third-order valence-corrected chi connectivity index (χ3v) is 5.20. The summed E-state index contributed by atoms with van der Waals surface area (Å²) >= 11 is 2.68. The molecule has 24 heavy (non-hydrogen) atoms. The van der Waals surface area contributed by atoms with Gasteiger partial charge in [-0.05, 0) is 31.0 Å². The molecular weight excluding hydrogens is 346 g/mol. The van der Waals surface area contributed by atoms with E-state index in [1.54, 1.807) is 4.57 Å². The van der Waals surface area contributed by atoms with Gasteiger partial charge in [-0.25, -0.2) is 14.9 Å². The van der Waals surface area contributed by atoms with Crippen LogP contribution in [0.25, 0.3) is 10.2 Å². The van der Waals surface area contributed by atoms with E-state index in [0.717, 1.165) is 22.2 Å². The first-order valence-corrected chi connectivity index (χ1v) is 9.32. The summed E-state index contributed by atoms with van der Waals surface area (Å²) < 4.78 is 2.58. The number of rotatable bonds is 6. The van der Waals surface area contributed by atoms with Gasteiger partial charge in [0, 0.05) is 6.54 Å². The fraction of sp³-hybridized carbons (Fsp3) is 0.333. The highest BCUT2D eigenvalue weighted by Gasteiger charge is 2.12. The van der Waals surface area contributed by atoms with Gasteiger partial charge in [-0.3, -0.25) is 9.36 Å². The molecule has 1 amide bonds. The van der Waals surface area contributed by atoms with Gasteiger partial charge in [-0.1, -0.05) is 36.1 Å². The largest absolute Gasteiger partial charge is 0.343 e. The van der Waals surface area contributed by atoms with Gasteiger partial charge in [0.05, 0.1) is 16.0 Å². The standard InChI is InChI=1S/C15H17N5O2S2/c1-3-6-20-14(22)18-19-15(20)23-8-12(21)17-13-16-10-5-4-9(2)7-11(10)24-13/h4-5,7H,3,6,8H2,1-2H3,(H,18,22)(H,16,17,21). The van der Waals surface area contributed by atoms with Crippen molar-refractivity contribution >= 4 is 44.4 Å². The smallest absolute Gasteiger partial charge is 0.301 e. The Morgan fingerprint density at radius 3 is 3.08 bits per heavy atom. The first kappa shape index (κ1) is 16.7. The Bertz CT molecular complexity index is 927. The molecule has 0 saturated heterocycles. The lowest BCUT2D eigenvalue weighted by Gasteiger charge is -2.03. The van der Waals surface area contributed by atoms with E-state index in [4.69, 9.17) is 0 Å². The number of thiazole rings is 1. The van der Waals surface area contributed by atoms with E-state index in [2.05, 4.69) is 20.5 Å². The number of nitrogens with one attached hydrogen (secondary N) is 2. The van der Waals surface area contributed by atoms with Gasteiger partial charge in [0.1, 0.15) is 0 Å². The van der Waals surface area contributed by atoms with Crippen LogP contribution in [0.5, 0.6) is 0 Å². The Labute approximate surface area is 146 Å². The second-order valence-electron chi connectivity index (χ2n) is 5.29. The van der Waals surface area contributed by atoms with Crippen LogP contribution < -0.4 is 11.0 Å². The molecule has 0 aliphatic carbocycles. The Kier molecular flexibility index (Phi) is 5.00. The average Bonchev–Trinajstić information content (AvgIpc) is 3.09. The highest BCUT2D eigenvalue weighted by molar-refractivity contribution is 7.99. The minimum Gasteiger partial charge on any atom is -0.301 e. The van der Waals surface area contributed by atoms with E-state index in [0.29, 0.717) is 16.8 Å². The molecule has 2 N–H and O–H groups in total. The van der Waals surface area contributed by atoms with Crippen molar-refractivity contribution in [1.82, 2.24) is 19.7 Å². The lowest BCUT2D eigenvalue weighted by atomic mass is 10.2. The zero-order valence-corrected chi connectivity index (χ0v) is 15.0. The molecule has 0 unspecified atom stereocenters. The number of aromatic nitrogens is 4. The van der Waals surface area contributed by atoms with Crippen LogP contribution in [0.15, 0.2) is 28.2 Å². The molecule has 7 nitrogen and oxygen atoms in total. The average molecular weight is 363 g/mol. The summed E-state index contributed by atoms with van der Waals surface area (Å²) in [6.07, 6.45) is 0.824. The third kappa shape index (κ3) is 3.68. The molecule has 9 heteroatoms. The highest BCUT2D eigenvalue weighted by Crippen LogP contribution is 2.26. The van der Waals surface area contributed by atoms with Crippen LogP contribution in [0.4, 0.5) is 5.13 Å². The van der Waals surface area contributed by atoms with Gasteiger partial charge in [0.2, 0.25) is 5.91 Å². The van der Waals surface area contributed by atoms with Crippen LogP contribution in [-0.4, -0.2) is 31.4 Å². The number of aryl methyl sites for hydroxylation is 1. The third-order valence-electron chi connectivity index (χ3n) is 3.29. The maximum atomic E-state index is 12.1. The molecule has 0 fully saturated rings. The normalized spacial score (nSPS) is 11.1. The van der Waals surface area contributed by atoms with Crippen LogP contribution >= 0.6 is 23.1 Å². The van der Waals surface area contributed by atoms with E-state index in [9.17, 15) is 9.59 Å². The van der Waals surface area contributed by atoms with Crippen LogP contribution in [-0.2, 0) is 11.3 Å². The summed E-state index contributed by atoms with van der Waals surface area (Å²) in [5.41, 5.74) is 1.78. The number of nitrogens with zero attached hydrogens (tertiary/aromatic N) is 3. The van der Waals surface area contributed by atoms with Crippen molar-refractivity contribution in [3.8, 4) is 0 Å². The second kappa shape index (κ2) is 7.18. The quantitative estimate of drug-likeness (QED) is 0.657. The number of anilines is 1. The summed E-state index contributed by atoms with van der Waals surface area (Å²) in [6.45, 7) is 4.58. The Balaban J connectivity index is 1.64. The Hall–Kier alpha value is -2.13. The van der Waals surface area contributed by atoms with E-state index < -0.39 is 0 Å². The molecule has 0 atom stereocenters. The van der Waals surface area contributed by atoms with Gasteiger partial charge < -0.3 is 5.32 Å². The number of hydrogen-bond acceptors (Lipinski definition) is 6. The van der Waals surface area contributed by atoms with Crippen molar-refractivity contribution in [3.05, 3.63) is 34.2 Å². The van der Waals surface area contributed by atoms with Crippen LogP contribution in [0.2, 0.25) is 0 Å². The number of fused-ring (bicyclic) bond motifs is 1. The molecular formula is C15H17N5O2S2. The lowest BCUT2D eigenvalue weighted by Crippen LogP contribution is -2.18. The Morgan fingerprint density at radius 2 is 2.29 bits per heavy atom.